The van der Waals surface area contributed by atoms with Crippen molar-refractivity contribution in [3.63, 3.8) is 0 Å². The van der Waals surface area contributed by atoms with Crippen LogP contribution in [0, 0.1) is 5.82 Å². The molecule has 0 aliphatic carbocycles. The van der Waals surface area contributed by atoms with E-state index in [0.717, 1.165) is 28.1 Å². The Morgan fingerprint density at radius 3 is 2.47 bits per heavy atom. The largest absolute Gasteiger partial charge is 0.352 e. The third-order valence-electron chi connectivity index (χ3n) is 4.96. The molecule has 0 aliphatic heterocycles. The van der Waals surface area contributed by atoms with Crippen molar-refractivity contribution < 1.29 is 9.18 Å². The van der Waals surface area contributed by atoms with Gasteiger partial charge in [0.2, 0.25) is 5.91 Å². The van der Waals surface area contributed by atoms with Gasteiger partial charge in [-0.3, -0.25) is 9.48 Å². The number of nitrogens with zero attached hydrogens (tertiary/aromatic N) is 4. The van der Waals surface area contributed by atoms with Gasteiger partial charge in [0, 0.05) is 49.2 Å². The summed E-state index contributed by atoms with van der Waals surface area (Å²) in [5, 5.41) is 7.35. The van der Waals surface area contributed by atoms with Crippen LogP contribution in [-0.2, 0) is 31.2 Å². The minimum atomic E-state index is -0.386. The van der Waals surface area contributed by atoms with Gasteiger partial charge in [0.15, 0.2) is 0 Å². The van der Waals surface area contributed by atoms with Gasteiger partial charge in [-0.1, -0.05) is 35.9 Å². The number of rotatable bonds is 7. The topological polar surface area (TPSA) is 72.7 Å². The second kappa shape index (κ2) is 9.70. The van der Waals surface area contributed by atoms with E-state index in [-0.39, 0.29) is 24.7 Å². The number of hydrogen-bond acceptors (Lipinski definition) is 4. The van der Waals surface area contributed by atoms with Crippen molar-refractivity contribution in [2.75, 3.05) is 0 Å². The van der Waals surface area contributed by atoms with Gasteiger partial charge < -0.3 is 5.32 Å². The predicted molar refractivity (Wildman–Crippen MR) is 120 cm³/mol. The monoisotopic (exact) mass is 449 g/mol. The number of hydrogen-bond donors (Lipinski definition) is 1. The van der Waals surface area contributed by atoms with Crippen molar-refractivity contribution in [3.8, 4) is 11.1 Å². The second-order valence-electron chi connectivity index (χ2n) is 7.47. The number of halogens is 2. The van der Waals surface area contributed by atoms with Crippen molar-refractivity contribution >= 4 is 17.5 Å². The van der Waals surface area contributed by atoms with Crippen molar-refractivity contribution in [2.45, 2.75) is 19.4 Å². The summed E-state index contributed by atoms with van der Waals surface area (Å²) in [4.78, 5) is 21.1. The highest BCUT2D eigenvalue weighted by Crippen LogP contribution is 2.19. The summed E-state index contributed by atoms with van der Waals surface area (Å²) in [6.07, 6.45) is 8.18. The van der Waals surface area contributed by atoms with Crippen LogP contribution in [0.3, 0.4) is 0 Å². The maximum absolute atomic E-state index is 13.3. The molecule has 2 aromatic carbocycles. The molecule has 2 aromatic heterocycles. The van der Waals surface area contributed by atoms with E-state index in [1.807, 2.05) is 37.5 Å². The van der Waals surface area contributed by atoms with Crippen molar-refractivity contribution in [2.24, 2.45) is 7.05 Å². The lowest BCUT2D eigenvalue weighted by Gasteiger charge is -2.08. The van der Waals surface area contributed by atoms with Crippen LogP contribution in [0.5, 0.6) is 0 Å². The van der Waals surface area contributed by atoms with E-state index < -0.39 is 0 Å². The maximum Gasteiger partial charge on any atom is 0.224 e. The lowest BCUT2D eigenvalue weighted by atomic mass is 10.0. The first-order valence-electron chi connectivity index (χ1n) is 10.0. The summed E-state index contributed by atoms with van der Waals surface area (Å²) in [6, 6.07) is 11.8. The normalized spacial score (nSPS) is 10.8. The van der Waals surface area contributed by atoms with E-state index in [9.17, 15) is 9.18 Å². The molecule has 162 valence electrons. The summed E-state index contributed by atoms with van der Waals surface area (Å²) in [5.41, 5.74) is 4.33. The molecule has 0 radical (unpaired) electrons. The van der Waals surface area contributed by atoms with Gasteiger partial charge in [0.05, 0.1) is 12.6 Å². The van der Waals surface area contributed by atoms with E-state index in [2.05, 4.69) is 20.4 Å². The molecule has 0 aliphatic rings. The Kier molecular flexibility index (Phi) is 6.56. The molecule has 0 unspecified atom stereocenters. The Bertz CT molecular complexity index is 1220. The number of carbonyl (C=O) groups excluding carboxylic acids is 1. The smallest absolute Gasteiger partial charge is 0.224 e. The molecule has 4 aromatic rings. The fourth-order valence-electron chi connectivity index (χ4n) is 3.28. The van der Waals surface area contributed by atoms with E-state index in [4.69, 9.17) is 11.6 Å². The van der Waals surface area contributed by atoms with Crippen LogP contribution in [0.25, 0.3) is 11.1 Å². The molecule has 0 atom stereocenters. The van der Waals surface area contributed by atoms with E-state index in [1.165, 1.54) is 18.2 Å². The van der Waals surface area contributed by atoms with Crippen LogP contribution >= 0.6 is 11.6 Å². The Balaban J connectivity index is 1.33. The molecule has 32 heavy (non-hydrogen) atoms. The zero-order valence-electron chi connectivity index (χ0n) is 17.4. The molecule has 1 N–H and O–H groups in total. The summed E-state index contributed by atoms with van der Waals surface area (Å²) >= 11 is 6.03. The fourth-order valence-corrected chi connectivity index (χ4v) is 3.46. The van der Waals surface area contributed by atoms with Crippen molar-refractivity contribution in [1.82, 2.24) is 25.1 Å². The molecule has 0 saturated carbocycles. The molecule has 0 saturated heterocycles. The minimum absolute atomic E-state index is 0.166. The number of nitrogens with one attached hydrogen (secondary N) is 1. The highest BCUT2D eigenvalue weighted by molar-refractivity contribution is 6.31. The number of aryl methyl sites for hydroxylation is 1. The van der Waals surface area contributed by atoms with Gasteiger partial charge in [-0.2, -0.15) is 5.10 Å². The predicted octanol–water partition coefficient (Wildman–Crippen LogP) is 4.12. The average molecular weight is 450 g/mol. The van der Waals surface area contributed by atoms with Gasteiger partial charge >= 0.3 is 0 Å². The molecular formula is C24H21ClFN5O. The van der Waals surface area contributed by atoms with Gasteiger partial charge in [0.25, 0.3) is 0 Å². The van der Waals surface area contributed by atoms with Crippen molar-refractivity contribution in [1.29, 1.82) is 0 Å². The Morgan fingerprint density at radius 1 is 1.03 bits per heavy atom. The summed E-state index contributed by atoms with van der Waals surface area (Å²) in [5.74, 6) is 0.179. The van der Waals surface area contributed by atoms with Crippen LogP contribution in [0.15, 0.2) is 67.3 Å². The third kappa shape index (κ3) is 5.56. The SMILES string of the molecule is Cn1cc(Cc2ncc(-c3ccc(CC(=O)NCc4cc(F)ccc4Cl)cc3)cn2)cn1. The maximum atomic E-state index is 13.3. The summed E-state index contributed by atoms with van der Waals surface area (Å²) in [7, 11) is 1.88. The number of amides is 1. The summed E-state index contributed by atoms with van der Waals surface area (Å²) < 4.78 is 15.1. The van der Waals surface area contributed by atoms with Gasteiger partial charge in [-0.05, 0) is 40.5 Å². The van der Waals surface area contributed by atoms with E-state index in [0.29, 0.717) is 17.0 Å². The standard InChI is InChI=1S/C24H21ClFN5O/c1-31-15-17(11-30-31)8-23-27-13-20(14-28-23)18-4-2-16(3-5-18)9-24(32)29-12-19-10-21(26)6-7-22(19)25/h2-7,10-11,13-15H,8-9,12H2,1H3,(H,29,32). The summed E-state index contributed by atoms with van der Waals surface area (Å²) in [6.45, 7) is 0.177. The van der Waals surface area contributed by atoms with Crippen LogP contribution < -0.4 is 5.32 Å². The molecule has 2 heterocycles. The molecule has 8 heteroatoms. The van der Waals surface area contributed by atoms with Crippen LogP contribution in [0.2, 0.25) is 5.02 Å². The zero-order chi connectivity index (χ0) is 22.5. The molecule has 1 amide bonds. The van der Waals surface area contributed by atoms with Crippen LogP contribution in [0.4, 0.5) is 4.39 Å². The van der Waals surface area contributed by atoms with E-state index in [1.54, 1.807) is 23.3 Å². The molecule has 0 bridgehead atoms. The highest BCUT2D eigenvalue weighted by Gasteiger charge is 2.08. The van der Waals surface area contributed by atoms with E-state index >= 15 is 0 Å². The molecule has 0 fully saturated rings. The zero-order valence-corrected chi connectivity index (χ0v) is 18.2. The lowest BCUT2D eigenvalue weighted by Crippen LogP contribution is -2.24. The Labute approximate surface area is 190 Å². The molecule has 6 nitrogen and oxygen atoms in total. The molecule has 0 spiro atoms. The van der Waals surface area contributed by atoms with Crippen LogP contribution in [0.1, 0.15) is 22.5 Å². The Morgan fingerprint density at radius 2 is 1.78 bits per heavy atom. The fraction of sp³-hybridized carbons (Fsp3) is 0.167. The third-order valence-corrected chi connectivity index (χ3v) is 5.33. The lowest BCUT2D eigenvalue weighted by molar-refractivity contribution is -0.120. The minimum Gasteiger partial charge on any atom is -0.352 e. The first kappa shape index (κ1) is 21.6. The van der Waals surface area contributed by atoms with Gasteiger partial charge in [0.1, 0.15) is 11.6 Å². The number of aromatic nitrogens is 4. The second-order valence-corrected chi connectivity index (χ2v) is 7.88. The molecular weight excluding hydrogens is 429 g/mol. The molecule has 4 rings (SSSR count). The van der Waals surface area contributed by atoms with Crippen LogP contribution in [-0.4, -0.2) is 25.7 Å². The average Bonchev–Trinajstić information content (AvgIpc) is 3.20. The van der Waals surface area contributed by atoms with Gasteiger partial charge in [-0.25, -0.2) is 14.4 Å². The number of carbonyl (C=O) groups is 1. The quantitative estimate of drug-likeness (QED) is 0.460. The van der Waals surface area contributed by atoms with Crippen molar-refractivity contribution in [3.05, 3.63) is 101 Å². The van der Waals surface area contributed by atoms with Gasteiger partial charge in [-0.15, -0.1) is 0 Å². The first-order chi connectivity index (χ1) is 15.5. The number of benzene rings is 2. The Hall–Kier alpha value is -3.58. The first-order valence-corrected chi connectivity index (χ1v) is 10.4. The highest BCUT2D eigenvalue weighted by atomic mass is 35.5.